The lowest BCUT2D eigenvalue weighted by molar-refractivity contribution is 0.374. The maximum atomic E-state index is 11.7. The molecule has 3 heterocycles. The predicted octanol–water partition coefficient (Wildman–Crippen LogP) is 2.04. The normalized spacial score (nSPS) is 15.7. The number of sulfone groups is 1. The van der Waals surface area contributed by atoms with Crippen LogP contribution in [0.15, 0.2) is 41.7 Å². The van der Waals surface area contributed by atoms with Crippen molar-refractivity contribution in [3.63, 3.8) is 0 Å². The van der Waals surface area contributed by atoms with Gasteiger partial charge in [-0.1, -0.05) is 0 Å². The Balaban J connectivity index is 1.67. The molecule has 1 N–H and O–H groups in total. The lowest BCUT2D eigenvalue weighted by Gasteiger charge is -2.30. The van der Waals surface area contributed by atoms with Gasteiger partial charge >= 0.3 is 0 Å². The average molecular weight is 415 g/mol. The molecule has 1 fully saturated rings. The van der Waals surface area contributed by atoms with Crippen LogP contribution < -0.4 is 10.2 Å². The molecule has 1 aliphatic heterocycles. The maximum Gasteiger partial charge on any atom is 0.175 e. The number of nitrogens with zero attached hydrogens (tertiary/aromatic N) is 5. The minimum absolute atomic E-state index is 0.284. The summed E-state index contributed by atoms with van der Waals surface area (Å²) in [5.74, 6) is 1.55. The first-order chi connectivity index (χ1) is 14.0. The molecule has 0 atom stereocenters. The van der Waals surface area contributed by atoms with E-state index in [2.05, 4.69) is 32.2 Å². The highest BCUT2D eigenvalue weighted by atomic mass is 32.2. The lowest BCUT2D eigenvalue weighted by Crippen LogP contribution is -2.36. The summed E-state index contributed by atoms with van der Waals surface area (Å²) in [6.07, 6.45) is 6.92. The Labute approximate surface area is 170 Å². The standard InChI is InChI=1S/C20H26N6O2S/c1-3-25(13-15-8-10-21-11-9-15)19-18-12-24-26(20(18)23-14-22-19)16-4-6-17(7-5-16)29(2,27)28/h4-7,12,14-15,21H,3,8-11,13H2,1-2H3. The Morgan fingerprint density at radius 1 is 1.17 bits per heavy atom. The number of aromatic nitrogens is 4. The van der Waals surface area contributed by atoms with Crippen molar-refractivity contribution in [2.45, 2.75) is 24.7 Å². The Kier molecular flexibility index (Phi) is 5.51. The van der Waals surface area contributed by atoms with Crippen LogP contribution in [0.4, 0.5) is 5.82 Å². The quantitative estimate of drug-likeness (QED) is 0.660. The third-order valence-corrected chi connectivity index (χ3v) is 6.60. The number of fused-ring (bicyclic) bond motifs is 1. The van der Waals surface area contributed by atoms with Crippen molar-refractivity contribution in [3.8, 4) is 5.69 Å². The third kappa shape index (κ3) is 4.11. The van der Waals surface area contributed by atoms with E-state index < -0.39 is 9.84 Å². The van der Waals surface area contributed by atoms with Crippen LogP contribution >= 0.6 is 0 Å². The summed E-state index contributed by atoms with van der Waals surface area (Å²) in [6, 6.07) is 6.68. The van der Waals surface area contributed by atoms with Gasteiger partial charge in [0.25, 0.3) is 0 Å². The van der Waals surface area contributed by atoms with E-state index in [0.29, 0.717) is 11.6 Å². The molecule has 0 saturated carbocycles. The van der Waals surface area contributed by atoms with Crippen LogP contribution in [-0.4, -0.2) is 60.6 Å². The largest absolute Gasteiger partial charge is 0.356 e. The molecule has 0 bridgehead atoms. The first-order valence-electron chi connectivity index (χ1n) is 9.92. The molecule has 0 amide bonds. The minimum atomic E-state index is -3.23. The highest BCUT2D eigenvalue weighted by Gasteiger charge is 2.20. The molecule has 8 nitrogen and oxygen atoms in total. The van der Waals surface area contributed by atoms with Crippen LogP contribution in [0.5, 0.6) is 0 Å². The van der Waals surface area contributed by atoms with Crippen molar-refractivity contribution in [1.29, 1.82) is 0 Å². The molecule has 154 valence electrons. The molecule has 4 rings (SSSR count). The molecule has 1 saturated heterocycles. The van der Waals surface area contributed by atoms with E-state index in [1.165, 1.54) is 19.1 Å². The van der Waals surface area contributed by atoms with E-state index in [1.807, 2.05) is 0 Å². The van der Waals surface area contributed by atoms with Crippen LogP contribution in [0.25, 0.3) is 16.7 Å². The molecule has 1 aliphatic rings. The second-order valence-corrected chi connectivity index (χ2v) is 9.50. The Morgan fingerprint density at radius 3 is 2.55 bits per heavy atom. The SMILES string of the molecule is CCN(CC1CCNCC1)c1ncnc2c1cnn2-c1ccc(S(C)(=O)=O)cc1. The summed E-state index contributed by atoms with van der Waals surface area (Å²) in [5, 5.41) is 8.82. The molecule has 0 unspecified atom stereocenters. The molecular formula is C20H26N6O2S. The number of anilines is 1. The highest BCUT2D eigenvalue weighted by Crippen LogP contribution is 2.26. The Hall–Kier alpha value is -2.52. The van der Waals surface area contributed by atoms with Gasteiger partial charge in [-0.3, -0.25) is 0 Å². The number of hydrogen-bond donors (Lipinski definition) is 1. The minimum Gasteiger partial charge on any atom is -0.356 e. The van der Waals surface area contributed by atoms with Gasteiger partial charge in [0, 0.05) is 19.3 Å². The molecule has 9 heteroatoms. The van der Waals surface area contributed by atoms with E-state index >= 15 is 0 Å². The van der Waals surface area contributed by atoms with E-state index in [0.717, 1.165) is 43.1 Å². The van der Waals surface area contributed by atoms with Crippen molar-refractivity contribution < 1.29 is 8.42 Å². The average Bonchev–Trinajstić information content (AvgIpc) is 3.16. The maximum absolute atomic E-state index is 11.7. The van der Waals surface area contributed by atoms with E-state index in [4.69, 9.17) is 0 Å². The first kappa shape index (κ1) is 19.8. The second-order valence-electron chi connectivity index (χ2n) is 7.49. The van der Waals surface area contributed by atoms with Crippen LogP contribution in [0.2, 0.25) is 0 Å². The zero-order chi connectivity index (χ0) is 20.4. The number of hydrogen-bond acceptors (Lipinski definition) is 7. The van der Waals surface area contributed by atoms with E-state index in [9.17, 15) is 8.42 Å². The third-order valence-electron chi connectivity index (χ3n) is 5.47. The van der Waals surface area contributed by atoms with Gasteiger partial charge in [0.05, 0.1) is 22.2 Å². The van der Waals surface area contributed by atoms with Gasteiger partial charge in [-0.25, -0.2) is 23.1 Å². The fourth-order valence-corrected chi connectivity index (χ4v) is 4.48. The van der Waals surface area contributed by atoms with Crippen LogP contribution in [0, 0.1) is 5.92 Å². The molecular weight excluding hydrogens is 388 g/mol. The Morgan fingerprint density at radius 2 is 1.90 bits per heavy atom. The van der Waals surface area contributed by atoms with Crippen LogP contribution in [0.1, 0.15) is 19.8 Å². The molecule has 0 aliphatic carbocycles. The van der Waals surface area contributed by atoms with Gasteiger partial charge in [-0.05, 0) is 63.0 Å². The monoisotopic (exact) mass is 414 g/mol. The zero-order valence-electron chi connectivity index (χ0n) is 16.7. The second kappa shape index (κ2) is 8.08. The predicted molar refractivity (Wildman–Crippen MR) is 113 cm³/mol. The van der Waals surface area contributed by atoms with Crippen molar-refractivity contribution in [3.05, 3.63) is 36.8 Å². The summed E-state index contributed by atoms with van der Waals surface area (Å²) >= 11 is 0. The number of piperidine rings is 1. The summed E-state index contributed by atoms with van der Waals surface area (Å²) in [6.45, 7) is 6.12. The smallest absolute Gasteiger partial charge is 0.175 e. The molecule has 2 aromatic heterocycles. The van der Waals surface area contributed by atoms with E-state index in [-0.39, 0.29) is 4.90 Å². The van der Waals surface area contributed by atoms with Crippen LogP contribution in [0.3, 0.4) is 0 Å². The summed E-state index contributed by atoms with van der Waals surface area (Å²) in [5.41, 5.74) is 1.48. The van der Waals surface area contributed by atoms with Gasteiger partial charge in [0.2, 0.25) is 0 Å². The van der Waals surface area contributed by atoms with Gasteiger partial charge < -0.3 is 10.2 Å². The lowest BCUT2D eigenvalue weighted by atomic mass is 9.97. The van der Waals surface area contributed by atoms with Crippen LogP contribution in [-0.2, 0) is 9.84 Å². The van der Waals surface area contributed by atoms with Gasteiger partial charge in [-0.2, -0.15) is 5.10 Å². The number of rotatable bonds is 6. The summed E-state index contributed by atoms with van der Waals surface area (Å²) in [7, 11) is -3.23. The van der Waals surface area contributed by atoms with Crippen molar-refractivity contribution in [2.24, 2.45) is 5.92 Å². The summed E-state index contributed by atoms with van der Waals surface area (Å²) < 4.78 is 25.1. The molecule has 1 aromatic carbocycles. The van der Waals surface area contributed by atoms with Crippen molar-refractivity contribution >= 4 is 26.7 Å². The zero-order valence-corrected chi connectivity index (χ0v) is 17.6. The summed E-state index contributed by atoms with van der Waals surface area (Å²) in [4.78, 5) is 11.6. The fourth-order valence-electron chi connectivity index (χ4n) is 3.85. The molecule has 29 heavy (non-hydrogen) atoms. The Bertz CT molecular complexity index is 1090. The highest BCUT2D eigenvalue weighted by molar-refractivity contribution is 7.90. The topological polar surface area (TPSA) is 93.0 Å². The fraction of sp³-hybridized carbons (Fsp3) is 0.450. The van der Waals surface area contributed by atoms with Gasteiger partial charge in [-0.15, -0.1) is 0 Å². The van der Waals surface area contributed by atoms with Gasteiger partial charge in [0.1, 0.15) is 12.1 Å². The number of nitrogens with one attached hydrogen (secondary N) is 1. The number of benzene rings is 1. The van der Waals surface area contributed by atoms with E-state index in [1.54, 1.807) is 41.5 Å². The van der Waals surface area contributed by atoms with Crippen molar-refractivity contribution in [1.82, 2.24) is 25.1 Å². The van der Waals surface area contributed by atoms with Crippen molar-refractivity contribution in [2.75, 3.05) is 37.3 Å². The molecule has 0 radical (unpaired) electrons. The van der Waals surface area contributed by atoms with Gasteiger partial charge in [0.15, 0.2) is 15.5 Å². The molecule has 3 aromatic rings. The first-order valence-corrected chi connectivity index (χ1v) is 11.8. The molecule has 0 spiro atoms.